The van der Waals surface area contributed by atoms with Crippen molar-refractivity contribution in [3.63, 3.8) is 0 Å². The van der Waals surface area contributed by atoms with Crippen molar-refractivity contribution >= 4 is 11.5 Å². The molecule has 0 bridgehead atoms. The summed E-state index contributed by atoms with van der Waals surface area (Å²) in [7, 11) is 0. The summed E-state index contributed by atoms with van der Waals surface area (Å²) < 4.78 is 5.26. The van der Waals surface area contributed by atoms with Crippen LogP contribution in [0.4, 0.5) is 0 Å². The fourth-order valence-electron chi connectivity index (χ4n) is 0.841. The number of nitriles is 1. The predicted molar refractivity (Wildman–Crippen MR) is 43.7 cm³/mol. The summed E-state index contributed by atoms with van der Waals surface area (Å²) in [5, 5.41) is 18.0. The van der Waals surface area contributed by atoms with Gasteiger partial charge in [-0.25, -0.2) is 9.67 Å². The van der Waals surface area contributed by atoms with E-state index in [2.05, 4.69) is 19.7 Å². The van der Waals surface area contributed by atoms with Crippen LogP contribution in [0.3, 0.4) is 0 Å². The van der Waals surface area contributed by atoms with E-state index in [1.165, 1.54) is 17.9 Å². The van der Waals surface area contributed by atoms with E-state index in [1.807, 2.05) is 11.4 Å². The molecule has 13 heavy (non-hydrogen) atoms. The lowest BCUT2D eigenvalue weighted by molar-refractivity contribution is 0.666. The van der Waals surface area contributed by atoms with Crippen LogP contribution in [0.2, 0.25) is 0 Å². The molecule has 0 N–H and O–H groups in total. The summed E-state index contributed by atoms with van der Waals surface area (Å²) in [6.45, 7) is 0.505. The van der Waals surface area contributed by atoms with Crippen molar-refractivity contribution in [3.05, 3.63) is 23.2 Å². The van der Waals surface area contributed by atoms with Crippen LogP contribution in [0.5, 0.6) is 0 Å². The van der Waals surface area contributed by atoms with Gasteiger partial charge < -0.3 is 0 Å². The van der Waals surface area contributed by atoms with E-state index < -0.39 is 0 Å². The van der Waals surface area contributed by atoms with Crippen LogP contribution in [-0.2, 0) is 6.54 Å². The van der Waals surface area contributed by atoms with E-state index in [0.29, 0.717) is 6.54 Å². The third-order valence-corrected chi connectivity index (χ3v) is 1.92. The summed E-state index contributed by atoms with van der Waals surface area (Å²) in [6.07, 6.45) is 1.50. The molecule has 64 valence electrons. The molecule has 2 aromatic heterocycles. The maximum absolute atomic E-state index is 8.46. The second-order valence-corrected chi connectivity index (χ2v) is 2.88. The summed E-state index contributed by atoms with van der Waals surface area (Å²) in [4.78, 5) is 3.76. The van der Waals surface area contributed by atoms with Crippen molar-refractivity contribution in [1.82, 2.24) is 24.4 Å². The SMILES string of the molecule is N#Cc1ncn(Cc2csnn2)n1. The number of hydrogen-bond acceptors (Lipinski definition) is 6. The summed E-state index contributed by atoms with van der Waals surface area (Å²) in [6, 6.07) is 1.85. The maximum Gasteiger partial charge on any atom is 0.252 e. The lowest BCUT2D eigenvalue weighted by atomic mass is 10.5. The van der Waals surface area contributed by atoms with Gasteiger partial charge in [-0.05, 0) is 11.5 Å². The van der Waals surface area contributed by atoms with Gasteiger partial charge in [0.2, 0.25) is 0 Å². The highest BCUT2D eigenvalue weighted by molar-refractivity contribution is 7.03. The molecule has 7 heteroatoms. The van der Waals surface area contributed by atoms with Gasteiger partial charge in [-0.2, -0.15) is 5.26 Å². The topological polar surface area (TPSA) is 80.3 Å². The molecule has 0 saturated heterocycles. The average Bonchev–Trinajstić information content (AvgIpc) is 2.76. The first-order valence-corrected chi connectivity index (χ1v) is 4.27. The van der Waals surface area contributed by atoms with Crippen LogP contribution < -0.4 is 0 Å². The van der Waals surface area contributed by atoms with E-state index in [1.54, 1.807) is 4.68 Å². The minimum absolute atomic E-state index is 0.170. The minimum atomic E-state index is 0.170. The van der Waals surface area contributed by atoms with Crippen molar-refractivity contribution in [2.45, 2.75) is 6.54 Å². The van der Waals surface area contributed by atoms with Crippen LogP contribution in [0.25, 0.3) is 0 Å². The minimum Gasteiger partial charge on any atom is -0.245 e. The van der Waals surface area contributed by atoms with Crippen LogP contribution >= 0.6 is 11.5 Å². The third kappa shape index (κ3) is 1.68. The zero-order chi connectivity index (χ0) is 9.10. The zero-order valence-corrected chi connectivity index (χ0v) is 7.27. The Bertz CT molecular complexity index is 424. The molecule has 0 atom stereocenters. The monoisotopic (exact) mass is 192 g/mol. The lowest BCUT2D eigenvalue weighted by Gasteiger charge is -1.92. The molecule has 0 aromatic carbocycles. The van der Waals surface area contributed by atoms with Gasteiger partial charge in [0.15, 0.2) is 0 Å². The standard InChI is InChI=1S/C6H4N6S/c7-1-6-8-4-12(10-6)2-5-3-13-11-9-5/h3-4H,2H2. The fraction of sp³-hybridized carbons (Fsp3) is 0.167. The van der Waals surface area contributed by atoms with Crippen molar-refractivity contribution < 1.29 is 0 Å². The van der Waals surface area contributed by atoms with Crippen molar-refractivity contribution in [2.24, 2.45) is 0 Å². The van der Waals surface area contributed by atoms with Crippen molar-refractivity contribution in [1.29, 1.82) is 5.26 Å². The van der Waals surface area contributed by atoms with Gasteiger partial charge in [-0.15, -0.1) is 10.2 Å². The van der Waals surface area contributed by atoms with Gasteiger partial charge in [-0.3, -0.25) is 0 Å². The van der Waals surface area contributed by atoms with E-state index >= 15 is 0 Å². The average molecular weight is 192 g/mol. The molecule has 2 aromatic rings. The van der Waals surface area contributed by atoms with E-state index in [9.17, 15) is 0 Å². The molecule has 0 saturated carbocycles. The Balaban J connectivity index is 2.15. The Morgan fingerprint density at radius 3 is 3.15 bits per heavy atom. The first-order chi connectivity index (χ1) is 6.38. The highest BCUT2D eigenvalue weighted by atomic mass is 32.1. The molecule has 0 amide bonds. The Kier molecular flexibility index (Phi) is 1.97. The number of rotatable bonds is 2. The van der Waals surface area contributed by atoms with Gasteiger partial charge in [0.1, 0.15) is 12.4 Å². The first-order valence-electron chi connectivity index (χ1n) is 3.44. The molecule has 0 aliphatic rings. The molecule has 0 spiro atoms. The number of nitrogens with zero attached hydrogens (tertiary/aromatic N) is 6. The Labute approximate surface area is 77.6 Å². The largest absolute Gasteiger partial charge is 0.252 e. The van der Waals surface area contributed by atoms with Gasteiger partial charge in [0, 0.05) is 5.38 Å². The lowest BCUT2D eigenvalue weighted by Crippen LogP contribution is -2.00. The fourth-order valence-corrected chi connectivity index (χ4v) is 1.28. The second-order valence-electron chi connectivity index (χ2n) is 2.27. The van der Waals surface area contributed by atoms with Crippen LogP contribution in [-0.4, -0.2) is 24.4 Å². The Morgan fingerprint density at radius 2 is 2.54 bits per heavy atom. The molecule has 6 nitrogen and oxygen atoms in total. The van der Waals surface area contributed by atoms with E-state index in [0.717, 1.165) is 5.69 Å². The quantitative estimate of drug-likeness (QED) is 0.671. The molecule has 0 radical (unpaired) electrons. The van der Waals surface area contributed by atoms with Gasteiger partial charge in [-0.1, -0.05) is 4.49 Å². The molecular weight excluding hydrogens is 188 g/mol. The number of aromatic nitrogens is 5. The predicted octanol–water partition coefficient (Wildman–Crippen LogP) is 0.0496. The van der Waals surface area contributed by atoms with Gasteiger partial charge in [0.05, 0.1) is 12.2 Å². The van der Waals surface area contributed by atoms with Crippen LogP contribution in [0, 0.1) is 11.3 Å². The molecule has 0 aliphatic heterocycles. The summed E-state index contributed by atoms with van der Waals surface area (Å²) in [5.41, 5.74) is 0.819. The van der Waals surface area contributed by atoms with E-state index in [4.69, 9.17) is 5.26 Å². The number of hydrogen-bond donors (Lipinski definition) is 0. The molecule has 0 fully saturated rings. The third-order valence-electron chi connectivity index (χ3n) is 1.37. The normalized spacial score (nSPS) is 9.77. The second kappa shape index (κ2) is 3.28. The molecule has 0 unspecified atom stereocenters. The smallest absolute Gasteiger partial charge is 0.245 e. The Morgan fingerprint density at radius 1 is 1.62 bits per heavy atom. The molecule has 2 rings (SSSR count). The van der Waals surface area contributed by atoms with E-state index in [-0.39, 0.29) is 5.82 Å². The highest BCUT2D eigenvalue weighted by Crippen LogP contribution is 1.99. The first kappa shape index (κ1) is 7.82. The van der Waals surface area contributed by atoms with Gasteiger partial charge >= 0.3 is 0 Å². The van der Waals surface area contributed by atoms with Gasteiger partial charge in [0.25, 0.3) is 5.82 Å². The summed E-state index contributed by atoms with van der Waals surface area (Å²) >= 11 is 1.28. The van der Waals surface area contributed by atoms with Crippen LogP contribution in [0.1, 0.15) is 11.5 Å². The Hall–Kier alpha value is -1.81. The highest BCUT2D eigenvalue weighted by Gasteiger charge is 2.01. The molecule has 2 heterocycles. The molecular formula is C6H4N6S. The zero-order valence-electron chi connectivity index (χ0n) is 6.45. The van der Waals surface area contributed by atoms with Crippen LogP contribution in [0.15, 0.2) is 11.7 Å². The molecule has 0 aliphatic carbocycles. The van der Waals surface area contributed by atoms with Crippen molar-refractivity contribution in [2.75, 3.05) is 0 Å². The maximum atomic E-state index is 8.46. The summed E-state index contributed by atoms with van der Waals surface area (Å²) in [5.74, 6) is 0.170. The van der Waals surface area contributed by atoms with Crippen molar-refractivity contribution in [3.8, 4) is 6.07 Å².